The summed E-state index contributed by atoms with van der Waals surface area (Å²) in [6, 6.07) is 122. The van der Waals surface area contributed by atoms with E-state index in [1.54, 1.807) is 0 Å². The second-order valence-electron chi connectivity index (χ2n) is 22.1. The van der Waals surface area contributed by atoms with Gasteiger partial charge in [-0.3, -0.25) is 0 Å². The SMILES string of the molecule is c1ccc(Nc2cc(N(c3ccccc3)c3ccccc3)cc3c2B(c2ccccc2)c2cc4c(cc2N3c2ccccc2)N(c2ccccc2)c2cc(N(c3ccccc3)c3ccccc3)cc3c2C4c2ccccc2N3c2ccccc2)cc1. The smallest absolute Gasteiger partial charge is 0.249 e. The molecule has 0 saturated carbocycles. The molecule has 1 N–H and O–H groups in total. The van der Waals surface area contributed by atoms with Gasteiger partial charge < -0.3 is 29.8 Å². The van der Waals surface area contributed by atoms with E-state index in [4.69, 9.17) is 0 Å². The molecule has 7 heteroatoms. The average Bonchev–Trinajstić information content (AvgIpc) is 1.04. The van der Waals surface area contributed by atoms with Gasteiger partial charge in [0, 0.05) is 74.0 Å². The molecule has 13 aromatic carbocycles. The van der Waals surface area contributed by atoms with E-state index in [2.05, 4.69) is 363 Å². The predicted octanol–water partition coefficient (Wildman–Crippen LogP) is 19.4. The lowest BCUT2D eigenvalue weighted by molar-refractivity contribution is 0.909. The number of nitrogens with one attached hydrogen (secondary N) is 1. The Morgan fingerprint density at radius 3 is 1.16 bits per heavy atom. The molecular formula is C79H57BN6. The fourth-order valence-corrected chi connectivity index (χ4v) is 13.6. The number of fused-ring (bicyclic) bond motifs is 6. The molecule has 0 aromatic heterocycles. The molecule has 0 amide bonds. The molecule has 0 saturated heterocycles. The van der Waals surface area contributed by atoms with Gasteiger partial charge in [0.25, 0.3) is 0 Å². The van der Waals surface area contributed by atoms with Gasteiger partial charge in [-0.25, -0.2) is 0 Å². The predicted molar refractivity (Wildman–Crippen MR) is 362 cm³/mol. The maximum atomic E-state index is 4.07. The van der Waals surface area contributed by atoms with E-state index in [1.807, 2.05) is 0 Å². The van der Waals surface area contributed by atoms with Gasteiger partial charge in [-0.2, -0.15) is 0 Å². The highest BCUT2D eigenvalue weighted by atomic mass is 15.2. The number of nitrogens with zero attached hydrogens (tertiary/aromatic N) is 5. The third-order valence-electron chi connectivity index (χ3n) is 17.1. The third-order valence-corrected chi connectivity index (χ3v) is 17.1. The highest BCUT2D eigenvalue weighted by Crippen LogP contribution is 2.62. The maximum Gasteiger partial charge on any atom is 0.249 e. The van der Waals surface area contributed by atoms with Crippen molar-refractivity contribution in [2.45, 2.75) is 5.92 Å². The molecule has 0 bridgehead atoms. The first-order valence-electron chi connectivity index (χ1n) is 29.6. The van der Waals surface area contributed by atoms with Gasteiger partial charge in [0.15, 0.2) is 0 Å². The largest absolute Gasteiger partial charge is 0.356 e. The number of para-hydroxylation sites is 9. The molecule has 3 heterocycles. The van der Waals surface area contributed by atoms with Crippen molar-refractivity contribution in [3.05, 3.63) is 350 Å². The quantitative estimate of drug-likeness (QED) is 0.123. The molecule has 86 heavy (non-hydrogen) atoms. The summed E-state index contributed by atoms with van der Waals surface area (Å²) in [5, 5.41) is 4.07. The van der Waals surface area contributed by atoms with Crippen LogP contribution in [0.4, 0.5) is 96.7 Å². The summed E-state index contributed by atoms with van der Waals surface area (Å²) in [7, 11) is 0. The minimum absolute atomic E-state index is 0.162. The van der Waals surface area contributed by atoms with Crippen molar-refractivity contribution in [1.82, 2.24) is 0 Å². The molecule has 6 nitrogen and oxygen atoms in total. The Morgan fingerprint density at radius 2 is 0.674 bits per heavy atom. The highest BCUT2D eigenvalue weighted by molar-refractivity contribution is 6.99. The van der Waals surface area contributed by atoms with E-state index >= 15 is 0 Å². The van der Waals surface area contributed by atoms with Crippen molar-refractivity contribution in [1.29, 1.82) is 0 Å². The lowest BCUT2D eigenvalue weighted by Crippen LogP contribution is -2.58. The molecule has 13 aromatic rings. The molecule has 3 aliphatic rings. The van der Waals surface area contributed by atoms with E-state index < -0.39 is 0 Å². The standard InChI is InChI=1S/C79H57BN6/c1-10-30-56(31-11-1)80-69-54-68-72(55-73(69)86(64-46-26-9-27-47-64)76-53-65(50-70(79(76)80)81-57-32-12-2-13-33-57)82(58-34-14-3-15-35-58)59-36-16-4-17-37-59)85(63-44-24-8-25-45-63)75-52-66(83(60-38-18-5-19-39-60)61-40-20-6-21-41-61)51-74-78(75)77(68)67-48-28-29-49-71(67)84(74)62-42-22-7-23-43-62/h1-55,77,81H. The van der Waals surface area contributed by atoms with Crippen molar-refractivity contribution in [2.24, 2.45) is 0 Å². The van der Waals surface area contributed by atoms with Crippen LogP contribution in [-0.2, 0) is 0 Å². The summed E-state index contributed by atoms with van der Waals surface area (Å²) in [5.74, 6) is -0.162. The first-order chi connectivity index (χ1) is 42.7. The summed E-state index contributed by atoms with van der Waals surface area (Å²) in [4.78, 5) is 12.4. The van der Waals surface area contributed by atoms with Crippen LogP contribution in [0, 0.1) is 0 Å². The Balaban J connectivity index is 1.03. The molecule has 0 fully saturated rings. The van der Waals surface area contributed by atoms with Gasteiger partial charge in [0.05, 0.1) is 34.1 Å². The second-order valence-corrected chi connectivity index (χ2v) is 22.1. The Morgan fingerprint density at radius 1 is 0.291 bits per heavy atom. The van der Waals surface area contributed by atoms with Crippen LogP contribution >= 0.6 is 0 Å². The molecule has 406 valence electrons. The lowest BCUT2D eigenvalue weighted by atomic mass is 9.34. The number of hydrogen-bond acceptors (Lipinski definition) is 6. The summed E-state index contributed by atoms with van der Waals surface area (Å²) in [6.45, 7) is -0.216. The first-order valence-corrected chi connectivity index (χ1v) is 29.6. The maximum absolute atomic E-state index is 4.07. The number of anilines is 17. The van der Waals surface area contributed by atoms with Crippen LogP contribution in [0.5, 0.6) is 0 Å². The van der Waals surface area contributed by atoms with Gasteiger partial charge in [-0.15, -0.1) is 0 Å². The van der Waals surface area contributed by atoms with Crippen LogP contribution in [0.3, 0.4) is 0 Å². The van der Waals surface area contributed by atoms with Crippen molar-refractivity contribution < 1.29 is 0 Å². The monoisotopic (exact) mass is 1100 g/mol. The third kappa shape index (κ3) is 8.67. The van der Waals surface area contributed by atoms with Crippen LogP contribution in [-0.4, -0.2) is 6.71 Å². The van der Waals surface area contributed by atoms with Crippen LogP contribution in [0.15, 0.2) is 334 Å². The fourth-order valence-electron chi connectivity index (χ4n) is 13.6. The molecule has 0 aliphatic carbocycles. The van der Waals surface area contributed by atoms with Crippen molar-refractivity contribution in [3.8, 4) is 0 Å². The first kappa shape index (κ1) is 50.5. The van der Waals surface area contributed by atoms with E-state index in [1.165, 1.54) is 33.1 Å². The molecular weight excluding hydrogens is 1040 g/mol. The van der Waals surface area contributed by atoms with E-state index in [9.17, 15) is 0 Å². The van der Waals surface area contributed by atoms with Crippen LogP contribution in [0.2, 0.25) is 0 Å². The number of rotatable bonds is 12. The minimum atomic E-state index is -0.216. The molecule has 16 rings (SSSR count). The van der Waals surface area contributed by atoms with Crippen molar-refractivity contribution in [3.63, 3.8) is 0 Å². The normalized spacial score (nSPS) is 13.4. The minimum Gasteiger partial charge on any atom is -0.356 e. The number of benzene rings is 13. The van der Waals surface area contributed by atoms with Gasteiger partial charge in [-0.05, 0) is 156 Å². The van der Waals surface area contributed by atoms with E-state index in [0.717, 1.165) is 96.7 Å². The molecule has 0 spiro atoms. The zero-order valence-corrected chi connectivity index (χ0v) is 47.1. The average molecular weight is 1100 g/mol. The summed E-state index contributed by atoms with van der Waals surface area (Å²) in [5.41, 5.74) is 25.7. The second kappa shape index (κ2) is 21.5. The Hall–Kier alpha value is -11.3. The molecule has 1 unspecified atom stereocenters. The van der Waals surface area contributed by atoms with E-state index in [-0.39, 0.29) is 12.6 Å². The number of hydrogen-bond donors (Lipinski definition) is 1. The zero-order chi connectivity index (χ0) is 56.9. The van der Waals surface area contributed by atoms with Gasteiger partial charge in [0.2, 0.25) is 6.71 Å². The summed E-state index contributed by atoms with van der Waals surface area (Å²) < 4.78 is 0. The summed E-state index contributed by atoms with van der Waals surface area (Å²) >= 11 is 0. The van der Waals surface area contributed by atoms with Gasteiger partial charge in [0.1, 0.15) is 0 Å². The Kier molecular flexibility index (Phi) is 12.6. The molecule has 3 aliphatic heterocycles. The summed E-state index contributed by atoms with van der Waals surface area (Å²) in [6.07, 6.45) is 0. The highest BCUT2D eigenvalue weighted by Gasteiger charge is 2.45. The van der Waals surface area contributed by atoms with Gasteiger partial charge >= 0.3 is 0 Å². The lowest BCUT2D eigenvalue weighted by Gasteiger charge is -2.47. The fraction of sp³-hybridized carbons (Fsp3) is 0.0127. The molecule has 0 radical (unpaired) electrons. The van der Waals surface area contributed by atoms with Crippen LogP contribution in [0.25, 0.3) is 0 Å². The van der Waals surface area contributed by atoms with Gasteiger partial charge in [-0.1, -0.05) is 206 Å². The van der Waals surface area contributed by atoms with Crippen LogP contribution < -0.4 is 46.2 Å². The van der Waals surface area contributed by atoms with Crippen molar-refractivity contribution >= 4 is 120 Å². The topological polar surface area (TPSA) is 28.2 Å². The zero-order valence-electron chi connectivity index (χ0n) is 47.1. The molecule has 1 atom stereocenters. The Bertz CT molecular complexity index is 4400. The van der Waals surface area contributed by atoms with E-state index in [0.29, 0.717) is 0 Å². The van der Waals surface area contributed by atoms with Crippen LogP contribution in [0.1, 0.15) is 22.6 Å². The Labute approximate surface area is 503 Å². The van der Waals surface area contributed by atoms with Crippen molar-refractivity contribution in [2.75, 3.05) is 29.8 Å².